The number of sulfonamides is 1. The molecule has 0 aliphatic carbocycles. The van der Waals surface area contributed by atoms with Gasteiger partial charge in [-0.3, -0.25) is 4.79 Å². The topological polar surface area (TPSA) is 84.0 Å². The Morgan fingerprint density at radius 1 is 1.14 bits per heavy atom. The molecule has 3 rings (SSSR count). The molecule has 2 aliphatic heterocycles. The maximum absolute atomic E-state index is 12.7. The molecular weight excluding hydrogens is 404 g/mol. The van der Waals surface area contributed by atoms with Gasteiger partial charge in [0.05, 0.1) is 15.5 Å². The maximum Gasteiger partial charge on any atom is 0.340 e. The minimum atomic E-state index is -3.68. The van der Waals surface area contributed by atoms with E-state index in [4.69, 9.17) is 16.3 Å². The van der Waals surface area contributed by atoms with Gasteiger partial charge in [-0.1, -0.05) is 11.6 Å². The van der Waals surface area contributed by atoms with Gasteiger partial charge in [-0.15, -0.1) is 0 Å². The molecule has 28 heavy (non-hydrogen) atoms. The van der Waals surface area contributed by atoms with E-state index >= 15 is 0 Å². The molecule has 9 heteroatoms. The lowest BCUT2D eigenvalue weighted by molar-refractivity contribution is -0.137. The highest BCUT2D eigenvalue weighted by molar-refractivity contribution is 7.89. The van der Waals surface area contributed by atoms with Crippen LogP contribution in [0.25, 0.3) is 0 Å². The molecule has 0 radical (unpaired) electrons. The quantitative estimate of drug-likeness (QED) is 0.673. The van der Waals surface area contributed by atoms with Crippen molar-refractivity contribution in [2.45, 2.75) is 50.0 Å². The predicted octanol–water partition coefficient (Wildman–Crippen LogP) is 2.68. The van der Waals surface area contributed by atoms with Gasteiger partial charge in [0, 0.05) is 25.7 Å². The van der Waals surface area contributed by atoms with Crippen molar-refractivity contribution in [3.63, 3.8) is 0 Å². The van der Waals surface area contributed by atoms with E-state index in [2.05, 4.69) is 0 Å². The first-order valence-corrected chi connectivity index (χ1v) is 11.4. The molecule has 0 saturated carbocycles. The number of esters is 1. The Morgan fingerprint density at radius 3 is 2.50 bits per heavy atom. The van der Waals surface area contributed by atoms with Gasteiger partial charge < -0.3 is 9.64 Å². The molecule has 1 unspecified atom stereocenters. The smallest absolute Gasteiger partial charge is 0.340 e. The van der Waals surface area contributed by atoms with Crippen molar-refractivity contribution in [2.75, 3.05) is 26.2 Å². The monoisotopic (exact) mass is 428 g/mol. The number of rotatable bonds is 5. The molecule has 7 nitrogen and oxygen atoms in total. The number of ether oxygens (including phenoxy) is 1. The minimum absolute atomic E-state index is 0.00160. The molecule has 0 aromatic heterocycles. The fourth-order valence-corrected chi connectivity index (χ4v) is 5.39. The summed E-state index contributed by atoms with van der Waals surface area (Å²) in [6, 6.07) is 4.10. The molecule has 1 aromatic carbocycles. The van der Waals surface area contributed by atoms with E-state index < -0.39 is 16.0 Å². The van der Waals surface area contributed by atoms with Crippen LogP contribution < -0.4 is 0 Å². The van der Waals surface area contributed by atoms with Crippen LogP contribution in [0.15, 0.2) is 23.1 Å². The van der Waals surface area contributed by atoms with Gasteiger partial charge in [0.25, 0.3) is 5.91 Å². The Morgan fingerprint density at radius 2 is 1.82 bits per heavy atom. The van der Waals surface area contributed by atoms with Crippen LogP contribution in [-0.4, -0.2) is 61.8 Å². The summed E-state index contributed by atoms with van der Waals surface area (Å²) in [7, 11) is -3.68. The lowest BCUT2D eigenvalue weighted by atomic mass is 10.0. The van der Waals surface area contributed by atoms with Crippen molar-refractivity contribution in [2.24, 2.45) is 0 Å². The number of hydrogen-bond donors (Lipinski definition) is 0. The van der Waals surface area contributed by atoms with E-state index in [1.165, 1.54) is 22.5 Å². The van der Waals surface area contributed by atoms with Gasteiger partial charge in [-0.2, -0.15) is 4.31 Å². The summed E-state index contributed by atoms with van der Waals surface area (Å²) in [6.07, 6.45) is 4.59. The number of likely N-dealkylation sites (tertiary alicyclic amines) is 1. The van der Waals surface area contributed by atoms with Crippen LogP contribution in [0.1, 0.15) is 49.4 Å². The third-order valence-electron chi connectivity index (χ3n) is 5.31. The molecule has 2 saturated heterocycles. The second-order valence-corrected chi connectivity index (χ2v) is 9.61. The zero-order valence-corrected chi connectivity index (χ0v) is 17.5. The normalized spacial score (nSPS) is 20.9. The Labute approximate surface area is 170 Å². The number of carbonyl (C=O) groups excluding carboxylic acids is 2. The van der Waals surface area contributed by atoms with Gasteiger partial charge in [-0.05, 0) is 57.2 Å². The summed E-state index contributed by atoms with van der Waals surface area (Å²) >= 11 is 6.08. The molecule has 0 bridgehead atoms. The number of halogens is 1. The Kier molecular flexibility index (Phi) is 6.62. The van der Waals surface area contributed by atoms with Gasteiger partial charge in [-0.25, -0.2) is 13.2 Å². The van der Waals surface area contributed by atoms with Crippen molar-refractivity contribution < 1.29 is 22.7 Å². The average Bonchev–Trinajstić information content (AvgIpc) is 3.22. The van der Waals surface area contributed by atoms with Crippen molar-refractivity contribution in [3.05, 3.63) is 28.8 Å². The average molecular weight is 429 g/mol. The molecule has 2 aliphatic rings. The zero-order valence-electron chi connectivity index (χ0n) is 15.9. The third kappa shape index (κ3) is 4.50. The molecule has 1 atom stereocenters. The molecule has 2 fully saturated rings. The second-order valence-electron chi connectivity index (χ2n) is 7.26. The molecule has 0 spiro atoms. The number of nitrogens with zero attached hydrogens (tertiary/aromatic N) is 2. The molecule has 1 aromatic rings. The Balaban J connectivity index is 1.70. The van der Waals surface area contributed by atoms with Crippen molar-refractivity contribution in [1.29, 1.82) is 0 Å². The van der Waals surface area contributed by atoms with E-state index in [-0.39, 0.29) is 34.0 Å². The lowest BCUT2D eigenvalue weighted by Crippen LogP contribution is -2.44. The summed E-state index contributed by atoms with van der Waals surface area (Å²) in [4.78, 5) is 26.5. The summed E-state index contributed by atoms with van der Waals surface area (Å²) in [6.45, 7) is 3.17. The van der Waals surface area contributed by atoms with Crippen LogP contribution in [0.5, 0.6) is 0 Å². The highest BCUT2D eigenvalue weighted by atomic mass is 35.5. The maximum atomic E-state index is 12.7. The van der Waals surface area contributed by atoms with E-state index in [1.807, 2.05) is 6.92 Å². The van der Waals surface area contributed by atoms with E-state index in [9.17, 15) is 18.0 Å². The zero-order chi connectivity index (χ0) is 20.3. The highest BCUT2D eigenvalue weighted by Crippen LogP contribution is 2.26. The predicted molar refractivity (Wildman–Crippen MR) is 105 cm³/mol. The summed E-state index contributed by atoms with van der Waals surface area (Å²) in [5.41, 5.74) is -0.0542. The summed E-state index contributed by atoms with van der Waals surface area (Å²) < 4.78 is 31.9. The van der Waals surface area contributed by atoms with Crippen LogP contribution in [0.4, 0.5) is 0 Å². The molecule has 0 N–H and O–H groups in total. The molecular formula is C19H25ClN2O5S. The van der Waals surface area contributed by atoms with E-state index in [1.54, 1.807) is 4.90 Å². The van der Waals surface area contributed by atoms with Crippen LogP contribution in [-0.2, 0) is 19.6 Å². The van der Waals surface area contributed by atoms with Gasteiger partial charge in [0.1, 0.15) is 0 Å². The Hall–Kier alpha value is -1.64. The van der Waals surface area contributed by atoms with Crippen LogP contribution >= 0.6 is 11.6 Å². The number of amides is 1. The van der Waals surface area contributed by atoms with Crippen molar-refractivity contribution in [3.8, 4) is 0 Å². The SMILES string of the molecule is CC1CCCCN1C(=O)COC(=O)c1cc(S(=O)(=O)N2CCCC2)ccc1Cl. The number of hydrogen-bond acceptors (Lipinski definition) is 5. The fraction of sp³-hybridized carbons (Fsp3) is 0.579. The fourth-order valence-electron chi connectivity index (χ4n) is 3.66. The molecule has 154 valence electrons. The number of carbonyl (C=O) groups is 2. The largest absolute Gasteiger partial charge is 0.452 e. The van der Waals surface area contributed by atoms with Crippen LogP contribution in [0.2, 0.25) is 5.02 Å². The van der Waals surface area contributed by atoms with Crippen LogP contribution in [0, 0.1) is 0 Å². The molecule has 2 heterocycles. The third-order valence-corrected chi connectivity index (χ3v) is 7.53. The van der Waals surface area contributed by atoms with Crippen LogP contribution in [0.3, 0.4) is 0 Å². The molecule has 1 amide bonds. The standard InChI is InChI=1S/C19H25ClN2O5S/c1-14-6-2-3-11-22(14)18(23)13-27-19(24)16-12-15(7-8-17(16)20)28(25,26)21-9-4-5-10-21/h7-8,12,14H,2-6,9-11,13H2,1H3. The minimum Gasteiger partial charge on any atom is -0.452 e. The lowest BCUT2D eigenvalue weighted by Gasteiger charge is -2.33. The van der Waals surface area contributed by atoms with Gasteiger partial charge >= 0.3 is 5.97 Å². The van der Waals surface area contributed by atoms with Crippen molar-refractivity contribution in [1.82, 2.24) is 9.21 Å². The number of benzene rings is 1. The van der Waals surface area contributed by atoms with E-state index in [0.29, 0.717) is 19.6 Å². The Bertz CT molecular complexity index is 852. The van der Waals surface area contributed by atoms with E-state index in [0.717, 1.165) is 32.1 Å². The second kappa shape index (κ2) is 8.80. The first kappa shape index (κ1) is 21.1. The first-order valence-electron chi connectivity index (χ1n) is 9.57. The highest BCUT2D eigenvalue weighted by Gasteiger charge is 2.29. The van der Waals surface area contributed by atoms with Gasteiger partial charge in [0.2, 0.25) is 10.0 Å². The van der Waals surface area contributed by atoms with Crippen molar-refractivity contribution >= 4 is 33.5 Å². The number of piperidine rings is 1. The summed E-state index contributed by atoms with van der Waals surface area (Å²) in [5, 5.41) is 0.0872. The summed E-state index contributed by atoms with van der Waals surface area (Å²) in [5.74, 6) is -1.06. The first-order chi connectivity index (χ1) is 13.3. The van der Waals surface area contributed by atoms with Gasteiger partial charge in [0.15, 0.2) is 6.61 Å².